The third-order valence-electron chi connectivity index (χ3n) is 4.16. The van der Waals surface area contributed by atoms with Crippen molar-refractivity contribution in [3.05, 3.63) is 0 Å². The molecule has 0 aromatic heterocycles. The first-order valence-electron chi connectivity index (χ1n) is 9.66. The van der Waals surface area contributed by atoms with Gasteiger partial charge in [-0.25, -0.2) is 4.79 Å². The first-order chi connectivity index (χ1) is 12.7. The number of methoxy groups -OCH3 is 1. The molecule has 1 atom stereocenters. The van der Waals surface area contributed by atoms with Crippen LogP contribution in [0.15, 0.2) is 0 Å². The van der Waals surface area contributed by atoms with Gasteiger partial charge in [0.2, 0.25) is 0 Å². The van der Waals surface area contributed by atoms with Crippen LogP contribution in [-0.2, 0) is 23.8 Å². The number of carbonyl (C=O) groups is 3. The van der Waals surface area contributed by atoms with Crippen molar-refractivity contribution in [2.24, 2.45) is 0 Å². The summed E-state index contributed by atoms with van der Waals surface area (Å²) in [5.41, 5.74) is -0.617. The summed E-state index contributed by atoms with van der Waals surface area (Å²) in [7, 11) is 1.31. The van der Waals surface area contributed by atoms with E-state index in [1.165, 1.54) is 13.5 Å². The molecule has 1 rings (SSSR count). The van der Waals surface area contributed by atoms with E-state index in [-0.39, 0.29) is 31.1 Å². The molecule has 0 radical (unpaired) electrons. The third kappa shape index (κ3) is 11.5. The summed E-state index contributed by atoms with van der Waals surface area (Å²) >= 11 is 0. The Morgan fingerprint density at radius 1 is 1.07 bits per heavy atom. The molecule has 1 aliphatic rings. The SMILES string of the molecule is COC(=O)CNC[C@H](CCC(=O)OC1CCCCC1)NC(=O)OC(C)(C)C. The number of amides is 1. The van der Waals surface area contributed by atoms with E-state index in [0.717, 1.165) is 25.7 Å². The van der Waals surface area contributed by atoms with E-state index in [1.807, 2.05) is 0 Å². The van der Waals surface area contributed by atoms with Gasteiger partial charge in [0.05, 0.1) is 13.7 Å². The van der Waals surface area contributed by atoms with Gasteiger partial charge in [0.25, 0.3) is 0 Å². The zero-order valence-corrected chi connectivity index (χ0v) is 17.0. The molecule has 8 heteroatoms. The Hall–Kier alpha value is -1.83. The second kappa shape index (κ2) is 11.8. The van der Waals surface area contributed by atoms with Crippen LogP contribution in [-0.4, -0.2) is 56.0 Å². The zero-order chi connectivity index (χ0) is 20.3. The number of ether oxygens (including phenoxy) is 3. The van der Waals surface area contributed by atoms with Crippen LogP contribution in [0.4, 0.5) is 4.79 Å². The molecule has 1 aliphatic carbocycles. The molecule has 0 aromatic carbocycles. The Bertz CT molecular complexity index is 483. The molecule has 2 N–H and O–H groups in total. The highest BCUT2D eigenvalue weighted by Gasteiger charge is 2.22. The molecule has 1 fully saturated rings. The van der Waals surface area contributed by atoms with E-state index in [9.17, 15) is 14.4 Å². The smallest absolute Gasteiger partial charge is 0.407 e. The average Bonchev–Trinajstić information content (AvgIpc) is 2.58. The van der Waals surface area contributed by atoms with E-state index in [0.29, 0.717) is 13.0 Å². The molecule has 8 nitrogen and oxygen atoms in total. The van der Waals surface area contributed by atoms with E-state index in [4.69, 9.17) is 9.47 Å². The maximum Gasteiger partial charge on any atom is 0.407 e. The van der Waals surface area contributed by atoms with Crippen LogP contribution in [0, 0.1) is 0 Å². The van der Waals surface area contributed by atoms with Crippen LogP contribution >= 0.6 is 0 Å². The summed E-state index contributed by atoms with van der Waals surface area (Å²) in [6.45, 7) is 5.66. The summed E-state index contributed by atoms with van der Waals surface area (Å²) in [5, 5.41) is 5.65. The number of hydrogen-bond donors (Lipinski definition) is 2. The van der Waals surface area contributed by atoms with Crippen molar-refractivity contribution in [3.8, 4) is 0 Å². The molecule has 0 heterocycles. The van der Waals surface area contributed by atoms with Gasteiger partial charge in [-0.15, -0.1) is 0 Å². The Kier molecular flexibility index (Phi) is 10.1. The highest BCUT2D eigenvalue weighted by Crippen LogP contribution is 2.21. The maximum atomic E-state index is 12.1. The Morgan fingerprint density at radius 2 is 1.74 bits per heavy atom. The van der Waals surface area contributed by atoms with Crippen LogP contribution in [0.5, 0.6) is 0 Å². The van der Waals surface area contributed by atoms with Gasteiger partial charge in [-0.05, 0) is 52.9 Å². The van der Waals surface area contributed by atoms with E-state index in [2.05, 4.69) is 15.4 Å². The minimum atomic E-state index is -0.617. The topological polar surface area (TPSA) is 103 Å². The van der Waals surface area contributed by atoms with Crippen molar-refractivity contribution in [1.82, 2.24) is 10.6 Å². The molecule has 0 unspecified atom stereocenters. The first-order valence-corrected chi connectivity index (χ1v) is 9.66. The van der Waals surface area contributed by atoms with E-state index in [1.54, 1.807) is 20.8 Å². The quantitative estimate of drug-likeness (QED) is 0.463. The van der Waals surface area contributed by atoms with Crippen molar-refractivity contribution in [3.63, 3.8) is 0 Å². The lowest BCUT2D eigenvalue weighted by atomic mass is 9.98. The summed E-state index contributed by atoms with van der Waals surface area (Å²) in [6.07, 6.45) is 5.26. The molecule has 1 amide bonds. The molecule has 0 aromatic rings. The van der Waals surface area contributed by atoms with Crippen molar-refractivity contribution in [2.75, 3.05) is 20.2 Å². The Morgan fingerprint density at radius 3 is 2.33 bits per heavy atom. The molecule has 156 valence electrons. The van der Waals surface area contributed by atoms with E-state index >= 15 is 0 Å². The lowest BCUT2D eigenvalue weighted by Gasteiger charge is -2.24. The summed E-state index contributed by atoms with van der Waals surface area (Å²) in [5.74, 6) is -0.659. The molecule has 1 saturated carbocycles. The van der Waals surface area contributed by atoms with Crippen molar-refractivity contribution >= 4 is 18.0 Å². The molecule has 27 heavy (non-hydrogen) atoms. The molecule has 0 spiro atoms. The lowest BCUT2D eigenvalue weighted by Crippen LogP contribution is -2.45. The zero-order valence-electron chi connectivity index (χ0n) is 17.0. The van der Waals surface area contributed by atoms with Gasteiger partial charge in [0.15, 0.2) is 0 Å². The molecule has 0 aliphatic heterocycles. The number of carbonyl (C=O) groups excluding carboxylic acids is 3. The fourth-order valence-corrected chi connectivity index (χ4v) is 2.84. The molecule has 0 saturated heterocycles. The van der Waals surface area contributed by atoms with Gasteiger partial charge in [0.1, 0.15) is 11.7 Å². The van der Waals surface area contributed by atoms with Crippen molar-refractivity contribution in [1.29, 1.82) is 0 Å². The standard InChI is InChI=1S/C19H34N2O6/c1-19(2,3)27-18(24)21-14(12-20-13-17(23)25-4)10-11-16(22)26-15-8-6-5-7-9-15/h14-15,20H,5-13H2,1-4H3,(H,21,24)/t14-/m0/s1. The maximum absolute atomic E-state index is 12.1. The van der Waals surface area contributed by atoms with Gasteiger partial charge in [-0.3, -0.25) is 9.59 Å². The van der Waals surface area contributed by atoms with Crippen LogP contribution in [0.2, 0.25) is 0 Å². The largest absolute Gasteiger partial charge is 0.468 e. The van der Waals surface area contributed by atoms with Gasteiger partial charge < -0.3 is 24.8 Å². The highest BCUT2D eigenvalue weighted by molar-refractivity contribution is 5.71. The molecule has 0 bridgehead atoms. The minimum Gasteiger partial charge on any atom is -0.468 e. The fraction of sp³-hybridized carbons (Fsp3) is 0.842. The average molecular weight is 386 g/mol. The third-order valence-corrected chi connectivity index (χ3v) is 4.16. The van der Waals surface area contributed by atoms with Crippen LogP contribution in [0.1, 0.15) is 65.7 Å². The predicted octanol–water partition coefficient (Wildman–Crippen LogP) is 2.30. The second-order valence-electron chi connectivity index (χ2n) is 7.84. The van der Waals surface area contributed by atoms with Crippen LogP contribution in [0.25, 0.3) is 0 Å². The monoisotopic (exact) mass is 386 g/mol. The van der Waals surface area contributed by atoms with Crippen LogP contribution < -0.4 is 10.6 Å². The number of nitrogens with one attached hydrogen (secondary N) is 2. The first kappa shape index (κ1) is 23.2. The van der Waals surface area contributed by atoms with Gasteiger partial charge >= 0.3 is 18.0 Å². The summed E-state index contributed by atoms with van der Waals surface area (Å²) < 4.78 is 15.3. The Balaban J connectivity index is 2.46. The predicted molar refractivity (Wildman–Crippen MR) is 100 cm³/mol. The second-order valence-corrected chi connectivity index (χ2v) is 7.84. The van der Waals surface area contributed by atoms with Gasteiger partial charge in [-0.2, -0.15) is 0 Å². The number of alkyl carbamates (subject to hydrolysis) is 1. The minimum absolute atomic E-state index is 0.0148. The normalized spacial score (nSPS) is 16.3. The fourth-order valence-electron chi connectivity index (χ4n) is 2.84. The summed E-state index contributed by atoms with van der Waals surface area (Å²) in [6, 6.07) is -0.372. The number of esters is 2. The summed E-state index contributed by atoms with van der Waals surface area (Å²) in [4.78, 5) is 35.3. The number of rotatable bonds is 9. The number of hydrogen-bond acceptors (Lipinski definition) is 7. The van der Waals surface area contributed by atoms with Gasteiger partial charge in [0, 0.05) is 19.0 Å². The van der Waals surface area contributed by atoms with Crippen LogP contribution in [0.3, 0.4) is 0 Å². The molecular formula is C19H34N2O6. The highest BCUT2D eigenvalue weighted by atomic mass is 16.6. The van der Waals surface area contributed by atoms with Crippen molar-refractivity contribution < 1.29 is 28.6 Å². The Labute approximate surface area is 161 Å². The van der Waals surface area contributed by atoms with Crippen molar-refractivity contribution in [2.45, 2.75) is 83.5 Å². The van der Waals surface area contributed by atoms with Gasteiger partial charge in [-0.1, -0.05) is 6.42 Å². The van der Waals surface area contributed by atoms with E-state index < -0.39 is 17.7 Å². The lowest BCUT2D eigenvalue weighted by molar-refractivity contribution is -0.150. The molecular weight excluding hydrogens is 352 g/mol.